The van der Waals surface area contributed by atoms with Crippen LogP contribution in [0.25, 0.3) is 0 Å². The van der Waals surface area contributed by atoms with E-state index >= 15 is 0 Å². The van der Waals surface area contributed by atoms with Crippen molar-refractivity contribution in [2.45, 2.75) is 51.5 Å². The minimum Gasteiger partial charge on any atom is -0.481 e. The molecule has 0 aliphatic carbocycles. The highest BCUT2D eigenvalue weighted by molar-refractivity contribution is 5.78. The second-order valence-corrected chi connectivity index (χ2v) is 9.13. The number of likely N-dealkylation sites (tertiary alicyclic amines) is 1. The van der Waals surface area contributed by atoms with Crippen molar-refractivity contribution in [1.29, 1.82) is 0 Å². The van der Waals surface area contributed by atoms with Crippen molar-refractivity contribution >= 4 is 23.8 Å². The van der Waals surface area contributed by atoms with E-state index < -0.39 is 18.1 Å². The number of anilines is 1. The highest BCUT2D eigenvalue weighted by Gasteiger charge is 2.37. The minimum atomic E-state index is -0.974. The van der Waals surface area contributed by atoms with E-state index in [-0.39, 0.29) is 50.2 Å². The monoisotopic (exact) mass is 498 g/mol. The molecule has 2 amide bonds. The Labute approximate surface area is 211 Å². The molecule has 1 aromatic heterocycles. The molecule has 2 aromatic rings. The van der Waals surface area contributed by atoms with Gasteiger partial charge in [-0.05, 0) is 30.0 Å². The molecule has 3 N–H and O–H groups in total. The Bertz CT molecular complexity index is 988. The number of amides is 2. The van der Waals surface area contributed by atoms with Crippen LogP contribution in [0, 0.1) is 5.92 Å². The molecule has 1 aliphatic rings. The Morgan fingerprint density at radius 3 is 2.56 bits per heavy atom. The summed E-state index contributed by atoms with van der Waals surface area (Å²) in [4.78, 5) is 42.3. The molecule has 10 nitrogen and oxygen atoms in total. The first kappa shape index (κ1) is 26.9. The van der Waals surface area contributed by atoms with Gasteiger partial charge in [-0.25, -0.2) is 9.78 Å². The zero-order valence-electron chi connectivity index (χ0n) is 20.6. The van der Waals surface area contributed by atoms with Gasteiger partial charge in [0.2, 0.25) is 5.91 Å². The number of benzene rings is 1. The fourth-order valence-corrected chi connectivity index (χ4v) is 3.99. The number of hydrogen-bond acceptors (Lipinski definition) is 7. The Morgan fingerprint density at radius 2 is 1.89 bits per heavy atom. The van der Waals surface area contributed by atoms with E-state index in [4.69, 9.17) is 14.6 Å². The van der Waals surface area contributed by atoms with Gasteiger partial charge in [-0.15, -0.1) is 0 Å². The Balaban J connectivity index is 1.57. The van der Waals surface area contributed by atoms with Gasteiger partial charge in [0.05, 0.1) is 25.1 Å². The number of carbonyl (C=O) groups is 3. The molecule has 3 rings (SSSR count). The van der Waals surface area contributed by atoms with E-state index in [1.165, 1.54) is 0 Å². The first-order chi connectivity index (χ1) is 17.3. The van der Waals surface area contributed by atoms with Gasteiger partial charge in [0.1, 0.15) is 19.0 Å². The van der Waals surface area contributed by atoms with Crippen molar-refractivity contribution in [3.8, 4) is 0 Å². The van der Waals surface area contributed by atoms with Crippen LogP contribution in [0.15, 0.2) is 54.7 Å². The molecule has 0 bridgehead atoms. The summed E-state index contributed by atoms with van der Waals surface area (Å²) in [5.74, 6) is -0.702. The third-order valence-corrected chi connectivity index (χ3v) is 6.00. The van der Waals surface area contributed by atoms with Gasteiger partial charge in [0.25, 0.3) is 0 Å². The van der Waals surface area contributed by atoms with Crippen LogP contribution in [0.1, 0.15) is 32.3 Å². The molecule has 194 valence electrons. The van der Waals surface area contributed by atoms with Crippen molar-refractivity contribution < 1.29 is 29.0 Å². The fourth-order valence-electron chi connectivity index (χ4n) is 3.99. The number of aromatic nitrogens is 1. The van der Waals surface area contributed by atoms with Crippen molar-refractivity contribution in [1.82, 2.24) is 15.2 Å². The van der Waals surface area contributed by atoms with Gasteiger partial charge in [0.15, 0.2) is 0 Å². The van der Waals surface area contributed by atoms with Crippen molar-refractivity contribution in [3.05, 3.63) is 60.3 Å². The molecular weight excluding hydrogens is 464 g/mol. The molecule has 2 heterocycles. The molecule has 10 heteroatoms. The molecule has 0 saturated carbocycles. The van der Waals surface area contributed by atoms with Crippen molar-refractivity contribution in [3.63, 3.8) is 0 Å². The van der Waals surface area contributed by atoms with E-state index in [0.29, 0.717) is 18.8 Å². The third-order valence-electron chi connectivity index (χ3n) is 6.00. The van der Waals surface area contributed by atoms with Crippen molar-refractivity contribution in [2.24, 2.45) is 5.92 Å². The fraction of sp³-hybridized carbons (Fsp3) is 0.462. The number of rotatable bonds is 12. The normalized spacial score (nSPS) is 18.0. The van der Waals surface area contributed by atoms with Crippen molar-refractivity contribution in [2.75, 3.05) is 25.0 Å². The van der Waals surface area contributed by atoms with Crippen LogP contribution in [-0.2, 0) is 25.7 Å². The van der Waals surface area contributed by atoms with Crippen LogP contribution in [0.5, 0.6) is 0 Å². The van der Waals surface area contributed by atoms with Gasteiger partial charge in [-0.1, -0.05) is 50.2 Å². The predicted molar refractivity (Wildman–Crippen MR) is 133 cm³/mol. The maximum Gasteiger partial charge on any atom is 0.410 e. The number of carboxylic acids is 1. The summed E-state index contributed by atoms with van der Waals surface area (Å²) in [6, 6.07) is 14.3. The van der Waals surface area contributed by atoms with Crippen LogP contribution >= 0.6 is 0 Å². The average Bonchev–Trinajstić information content (AvgIpc) is 3.28. The number of nitrogens with one attached hydrogen (secondary N) is 2. The predicted octanol–water partition coefficient (Wildman–Crippen LogP) is 2.91. The Hall–Kier alpha value is -3.66. The summed E-state index contributed by atoms with van der Waals surface area (Å²) in [5, 5.41) is 15.0. The van der Waals surface area contributed by atoms with E-state index in [9.17, 15) is 14.4 Å². The largest absolute Gasteiger partial charge is 0.481 e. The maximum absolute atomic E-state index is 12.9. The second-order valence-electron chi connectivity index (χ2n) is 9.13. The molecule has 0 spiro atoms. The molecule has 1 fully saturated rings. The zero-order chi connectivity index (χ0) is 25.9. The van der Waals surface area contributed by atoms with Gasteiger partial charge < -0.3 is 30.1 Å². The number of aliphatic carboxylic acids is 1. The number of nitrogens with zero attached hydrogens (tertiary/aromatic N) is 2. The van der Waals surface area contributed by atoms with Gasteiger partial charge in [0, 0.05) is 18.8 Å². The number of pyridine rings is 1. The average molecular weight is 499 g/mol. The van der Waals surface area contributed by atoms with Crippen LogP contribution < -0.4 is 10.6 Å². The first-order valence-corrected chi connectivity index (χ1v) is 12.1. The molecule has 1 aliphatic heterocycles. The maximum atomic E-state index is 12.9. The lowest BCUT2D eigenvalue weighted by atomic mass is 10.0. The number of hydrogen-bond donors (Lipinski definition) is 3. The lowest BCUT2D eigenvalue weighted by Gasteiger charge is -2.24. The third kappa shape index (κ3) is 8.53. The summed E-state index contributed by atoms with van der Waals surface area (Å²) in [6.45, 7) is 4.36. The quantitative estimate of drug-likeness (QED) is 0.407. The smallest absolute Gasteiger partial charge is 0.410 e. The highest BCUT2D eigenvalue weighted by atomic mass is 16.6. The van der Waals surface area contributed by atoms with Gasteiger partial charge >= 0.3 is 12.1 Å². The lowest BCUT2D eigenvalue weighted by molar-refractivity contribution is -0.138. The Kier molecular flexibility index (Phi) is 10.1. The molecule has 0 radical (unpaired) electrons. The number of ether oxygens (including phenoxy) is 2. The Morgan fingerprint density at radius 1 is 1.14 bits per heavy atom. The van der Waals surface area contributed by atoms with E-state index in [1.54, 1.807) is 11.1 Å². The van der Waals surface area contributed by atoms with E-state index in [2.05, 4.69) is 15.6 Å². The number of carbonyl (C=O) groups excluding carboxylic acids is 2. The second kappa shape index (κ2) is 13.4. The summed E-state index contributed by atoms with van der Waals surface area (Å²) < 4.78 is 11.4. The molecule has 1 aromatic carbocycles. The zero-order valence-corrected chi connectivity index (χ0v) is 20.6. The molecule has 1 saturated heterocycles. The summed E-state index contributed by atoms with van der Waals surface area (Å²) in [6.07, 6.45) is 1.21. The van der Waals surface area contributed by atoms with Gasteiger partial charge in [-0.3, -0.25) is 9.59 Å². The molecule has 0 unspecified atom stereocenters. The van der Waals surface area contributed by atoms with Gasteiger partial charge in [-0.2, -0.15) is 0 Å². The minimum absolute atomic E-state index is 0.0338. The summed E-state index contributed by atoms with van der Waals surface area (Å²) in [5.41, 5.74) is 0.888. The van der Waals surface area contributed by atoms with Crippen LogP contribution in [0.4, 0.5) is 10.6 Å². The van der Waals surface area contributed by atoms with Crippen LogP contribution in [0.3, 0.4) is 0 Å². The number of carboxylic acid groups (broad SMARTS) is 1. The van der Waals surface area contributed by atoms with E-state index in [1.807, 2.05) is 62.4 Å². The van der Waals surface area contributed by atoms with E-state index in [0.717, 1.165) is 5.56 Å². The summed E-state index contributed by atoms with van der Waals surface area (Å²) >= 11 is 0. The first-order valence-electron chi connectivity index (χ1n) is 12.1. The highest BCUT2D eigenvalue weighted by Crippen LogP contribution is 2.22. The lowest BCUT2D eigenvalue weighted by Crippen LogP contribution is -2.42. The molecule has 36 heavy (non-hydrogen) atoms. The summed E-state index contributed by atoms with van der Waals surface area (Å²) in [7, 11) is 0. The standard InChI is InChI=1S/C26H34N4O6/c1-18(2)22(13-25(32)33)29-24(31)17-35-21-12-20(14-28-23-10-6-7-11-27-23)30(15-21)26(34)36-16-19-8-4-3-5-9-19/h3-11,18,20-22H,12-17H2,1-2H3,(H,27,28)(H,29,31)(H,32,33)/t20-,21+,22+/m0/s1. The van der Waals surface area contributed by atoms with Crippen LogP contribution in [-0.4, -0.2) is 70.8 Å². The molecule has 3 atom stereocenters. The SMILES string of the molecule is CC(C)[C@@H](CC(=O)O)NC(=O)CO[C@@H]1C[C@@H](CNc2ccccn2)N(C(=O)OCc2ccccc2)C1. The molecular formula is C26H34N4O6. The topological polar surface area (TPSA) is 130 Å². The van der Waals surface area contributed by atoms with Crippen LogP contribution in [0.2, 0.25) is 0 Å².